The summed E-state index contributed by atoms with van der Waals surface area (Å²) in [4.78, 5) is 24.9. The minimum absolute atomic E-state index is 0.348. The molecule has 0 atom stereocenters. The molecule has 1 heterocycles. The minimum atomic E-state index is -0.421. The fraction of sp³-hybridized carbons (Fsp3) is 0.0667. The van der Waals surface area contributed by atoms with Crippen molar-refractivity contribution < 1.29 is 0 Å². The minimum Gasteiger partial charge on any atom is -0.398 e. The van der Waals surface area contributed by atoms with Gasteiger partial charge < -0.3 is 5.73 Å². The van der Waals surface area contributed by atoms with Crippen LogP contribution in [0.15, 0.2) is 52.1 Å². The first-order valence-electron chi connectivity index (χ1n) is 6.08. The van der Waals surface area contributed by atoms with Gasteiger partial charge in [0, 0.05) is 18.8 Å². The van der Waals surface area contributed by atoms with Crippen LogP contribution in [0, 0.1) is 6.07 Å². The van der Waals surface area contributed by atoms with Crippen molar-refractivity contribution in [1.29, 1.82) is 0 Å². The number of rotatable bonds is 1. The summed E-state index contributed by atoms with van der Waals surface area (Å²) in [6, 6.07) is 14.8. The Morgan fingerprint density at radius 2 is 1.80 bits per heavy atom. The number of fused-ring (bicyclic) bond motifs is 1. The fourth-order valence-corrected chi connectivity index (χ4v) is 2.22. The molecule has 1 aromatic heterocycles. The second kappa shape index (κ2) is 4.38. The second-order valence-corrected chi connectivity index (χ2v) is 4.49. The molecule has 0 spiro atoms. The Morgan fingerprint density at radius 1 is 1.05 bits per heavy atom. The van der Waals surface area contributed by atoms with Crippen LogP contribution in [0.4, 0.5) is 5.69 Å². The summed E-state index contributed by atoms with van der Waals surface area (Å²) in [6.07, 6.45) is 0. The van der Waals surface area contributed by atoms with Crippen molar-refractivity contribution in [3.8, 4) is 5.69 Å². The molecule has 0 aliphatic carbocycles. The summed E-state index contributed by atoms with van der Waals surface area (Å²) < 4.78 is 2.52. The maximum Gasteiger partial charge on any atom is 0.335 e. The van der Waals surface area contributed by atoms with Crippen molar-refractivity contribution in [3.05, 3.63) is 69.4 Å². The second-order valence-electron chi connectivity index (χ2n) is 4.49. The maximum atomic E-state index is 12.5. The molecule has 3 rings (SSSR count). The van der Waals surface area contributed by atoms with E-state index in [4.69, 9.17) is 5.73 Å². The van der Waals surface area contributed by atoms with Crippen molar-refractivity contribution in [2.45, 2.75) is 0 Å². The number of nitrogen functional groups attached to an aromatic ring is 1. The molecular formula is C15H12N3O2. The Morgan fingerprint density at radius 3 is 2.55 bits per heavy atom. The van der Waals surface area contributed by atoms with Gasteiger partial charge in [0.15, 0.2) is 0 Å². The topological polar surface area (TPSA) is 70.0 Å². The van der Waals surface area contributed by atoms with Gasteiger partial charge in [-0.25, -0.2) is 9.36 Å². The molecule has 5 nitrogen and oxygen atoms in total. The number of benzene rings is 2. The lowest BCUT2D eigenvalue weighted by Crippen LogP contribution is -2.37. The van der Waals surface area contributed by atoms with Gasteiger partial charge in [0.2, 0.25) is 0 Å². The number of anilines is 1. The highest BCUT2D eigenvalue weighted by Crippen LogP contribution is 2.10. The van der Waals surface area contributed by atoms with Gasteiger partial charge in [-0.2, -0.15) is 0 Å². The normalized spacial score (nSPS) is 10.8. The zero-order valence-corrected chi connectivity index (χ0v) is 10.8. The fourth-order valence-electron chi connectivity index (χ4n) is 2.22. The van der Waals surface area contributed by atoms with E-state index in [-0.39, 0.29) is 5.56 Å². The largest absolute Gasteiger partial charge is 0.398 e. The van der Waals surface area contributed by atoms with Crippen molar-refractivity contribution >= 4 is 16.6 Å². The predicted octanol–water partition coefficient (Wildman–Crippen LogP) is 1.07. The maximum absolute atomic E-state index is 12.5. The lowest BCUT2D eigenvalue weighted by Gasteiger charge is -2.10. The number of aromatic nitrogens is 2. The molecule has 0 aliphatic rings. The van der Waals surface area contributed by atoms with Gasteiger partial charge in [-0.15, -0.1) is 0 Å². The zero-order valence-electron chi connectivity index (χ0n) is 10.8. The third-order valence-corrected chi connectivity index (χ3v) is 3.22. The number of nitrogens with zero attached hydrogens (tertiary/aromatic N) is 2. The van der Waals surface area contributed by atoms with Gasteiger partial charge >= 0.3 is 5.69 Å². The van der Waals surface area contributed by atoms with E-state index in [1.54, 1.807) is 49.5 Å². The predicted molar refractivity (Wildman–Crippen MR) is 78.0 cm³/mol. The molecule has 2 aromatic carbocycles. The standard InChI is InChI=1S/C15H12N3O2/c1-17-13-8-3-2-7-12(13)14(19)18(15(17)20)11-6-4-5-10(16)9-11/h2-8H,16H2,1H3. The Kier molecular flexibility index (Phi) is 2.68. The van der Waals surface area contributed by atoms with Gasteiger partial charge in [-0.3, -0.25) is 9.36 Å². The van der Waals surface area contributed by atoms with Gasteiger partial charge in [-0.05, 0) is 24.3 Å². The number of aryl methyl sites for hydroxylation is 1. The van der Waals surface area contributed by atoms with Crippen molar-refractivity contribution in [2.75, 3.05) is 5.73 Å². The highest BCUT2D eigenvalue weighted by Gasteiger charge is 2.12. The molecule has 0 amide bonds. The lowest BCUT2D eigenvalue weighted by molar-refractivity contribution is 0.773. The molecule has 99 valence electrons. The number of nitrogens with two attached hydrogens (primary N) is 1. The highest BCUT2D eigenvalue weighted by molar-refractivity contribution is 5.78. The summed E-state index contributed by atoms with van der Waals surface area (Å²) in [5.41, 5.74) is 6.20. The van der Waals surface area contributed by atoms with E-state index in [1.165, 1.54) is 4.57 Å². The molecule has 0 saturated heterocycles. The monoisotopic (exact) mass is 266 g/mol. The van der Waals surface area contributed by atoms with Crippen LogP contribution in [0.5, 0.6) is 0 Å². The third kappa shape index (κ3) is 1.72. The van der Waals surface area contributed by atoms with Gasteiger partial charge in [-0.1, -0.05) is 18.2 Å². The number of hydrogen-bond acceptors (Lipinski definition) is 3. The molecule has 5 heteroatoms. The quantitative estimate of drug-likeness (QED) is 0.670. The third-order valence-electron chi connectivity index (χ3n) is 3.22. The molecule has 1 radical (unpaired) electrons. The Hall–Kier alpha value is -2.82. The molecule has 0 fully saturated rings. The molecule has 3 aromatic rings. The molecule has 0 saturated carbocycles. The van der Waals surface area contributed by atoms with Crippen LogP contribution in [-0.2, 0) is 7.05 Å². The Labute approximate surface area is 114 Å². The van der Waals surface area contributed by atoms with E-state index in [9.17, 15) is 9.59 Å². The summed E-state index contributed by atoms with van der Waals surface area (Å²) in [5, 5.41) is 0.477. The summed E-state index contributed by atoms with van der Waals surface area (Å²) in [7, 11) is 1.63. The molecule has 2 N–H and O–H groups in total. The smallest absolute Gasteiger partial charge is 0.335 e. The van der Waals surface area contributed by atoms with E-state index in [1.807, 2.05) is 0 Å². The lowest BCUT2D eigenvalue weighted by atomic mass is 10.2. The van der Waals surface area contributed by atoms with Crippen LogP contribution in [0.3, 0.4) is 0 Å². The van der Waals surface area contributed by atoms with Crippen LogP contribution in [-0.4, -0.2) is 9.13 Å². The summed E-state index contributed by atoms with van der Waals surface area (Å²) >= 11 is 0. The van der Waals surface area contributed by atoms with Crippen LogP contribution in [0.25, 0.3) is 16.6 Å². The molecule has 20 heavy (non-hydrogen) atoms. The van der Waals surface area contributed by atoms with Gasteiger partial charge in [0.25, 0.3) is 5.56 Å². The summed E-state index contributed by atoms with van der Waals surface area (Å²) in [6.45, 7) is 0. The van der Waals surface area contributed by atoms with Crippen molar-refractivity contribution in [2.24, 2.45) is 7.05 Å². The van der Waals surface area contributed by atoms with Crippen LogP contribution >= 0.6 is 0 Å². The first kappa shape index (κ1) is 12.2. The average molecular weight is 266 g/mol. The summed E-state index contributed by atoms with van der Waals surface area (Å²) in [5.74, 6) is 0. The SMILES string of the molecule is Cn1c(=O)n(-c2[c]c(N)ccc2)c(=O)c2ccccc21. The van der Waals surface area contributed by atoms with Crippen molar-refractivity contribution in [1.82, 2.24) is 9.13 Å². The Balaban J connectivity index is 2.49. The van der Waals surface area contributed by atoms with Crippen molar-refractivity contribution in [3.63, 3.8) is 0 Å². The molecule has 0 bridgehead atoms. The molecule has 0 aliphatic heterocycles. The van der Waals surface area contributed by atoms with Gasteiger partial charge in [0.1, 0.15) is 0 Å². The highest BCUT2D eigenvalue weighted by atomic mass is 16.2. The molecule has 0 unspecified atom stereocenters. The molecular weight excluding hydrogens is 254 g/mol. The van der Waals surface area contributed by atoms with E-state index in [0.717, 1.165) is 4.57 Å². The number of para-hydroxylation sites is 1. The van der Waals surface area contributed by atoms with E-state index < -0.39 is 5.69 Å². The van der Waals surface area contributed by atoms with E-state index in [0.29, 0.717) is 22.3 Å². The van der Waals surface area contributed by atoms with Gasteiger partial charge in [0.05, 0.1) is 16.6 Å². The Bertz CT molecular complexity index is 922. The number of hydrogen-bond donors (Lipinski definition) is 1. The van der Waals surface area contributed by atoms with Crippen LogP contribution in [0.1, 0.15) is 0 Å². The average Bonchev–Trinajstić information content (AvgIpc) is 2.45. The van der Waals surface area contributed by atoms with Crippen LogP contribution < -0.4 is 17.0 Å². The van der Waals surface area contributed by atoms with Crippen LogP contribution in [0.2, 0.25) is 0 Å². The first-order chi connectivity index (χ1) is 9.59. The zero-order chi connectivity index (χ0) is 14.3. The van der Waals surface area contributed by atoms with E-state index in [2.05, 4.69) is 6.07 Å². The first-order valence-corrected chi connectivity index (χ1v) is 6.08. The van der Waals surface area contributed by atoms with E-state index >= 15 is 0 Å².